The molecular weight excluding hydrogens is 291 g/mol. The number of Topliss-reactive ketones (excluding diaryl/α,β-unsaturated/α-hetero) is 1. The van der Waals surface area contributed by atoms with Gasteiger partial charge in [-0.3, -0.25) is 4.79 Å². The first kappa shape index (κ1) is 14.7. The third-order valence-electron chi connectivity index (χ3n) is 4.96. The molecule has 0 radical (unpaired) electrons. The monoisotopic (exact) mass is 310 g/mol. The van der Waals surface area contributed by atoms with Gasteiger partial charge in [0.05, 0.1) is 10.5 Å². The van der Waals surface area contributed by atoms with Crippen LogP contribution >= 0.6 is 0 Å². The van der Waals surface area contributed by atoms with Gasteiger partial charge >= 0.3 is 0 Å². The Balaban J connectivity index is 1.73. The zero-order valence-electron chi connectivity index (χ0n) is 12.0. The second-order valence-corrected chi connectivity index (χ2v) is 8.80. The smallest absolute Gasteiger partial charge is 0.156 e. The number of benzene rings is 1. The molecule has 0 aromatic heterocycles. The number of ketones is 1. The van der Waals surface area contributed by atoms with E-state index in [0.717, 1.165) is 11.1 Å². The minimum atomic E-state index is -2.98. The Bertz CT molecular complexity index is 661. The van der Waals surface area contributed by atoms with E-state index in [2.05, 4.69) is 0 Å². The Morgan fingerprint density at radius 1 is 1.24 bits per heavy atom. The Kier molecular flexibility index (Phi) is 3.64. The fourth-order valence-electron chi connectivity index (χ4n) is 3.66. The van der Waals surface area contributed by atoms with E-state index < -0.39 is 9.84 Å². The van der Waals surface area contributed by atoms with Crippen LogP contribution < -0.4 is 0 Å². The number of halogens is 1. The predicted molar refractivity (Wildman–Crippen MR) is 78.3 cm³/mol. The highest BCUT2D eigenvalue weighted by Crippen LogP contribution is 2.41. The average Bonchev–Trinajstić information content (AvgIpc) is 2.62. The van der Waals surface area contributed by atoms with Crippen LogP contribution in [0.25, 0.3) is 0 Å². The molecule has 1 aromatic rings. The molecule has 2 heterocycles. The molecule has 5 heteroatoms. The highest BCUT2D eigenvalue weighted by molar-refractivity contribution is 7.93. The van der Waals surface area contributed by atoms with Gasteiger partial charge in [0.25, 0.3) is 0 Å². The number of hydrogen-bond donors (Lipinski definition) is 0. The second kappa shape index (κ2) is 5.20. The predicted octanol–water partition coefficient (Wildman–Crippen LogP) is 2.60. The Morgan fingerprint density at radius 3 is 2.43 bits per heavy atom. The van der Waals surface area contributed by atoms with Crippen LogP contribution in [0.2, 0.25) is 0 Å². The first-order chi connectivity index (χ1) is 9.88. The van der Waals surface area contributed by atoms with Crippen LogP contribution in [-0.4, -0.2) is 24.7 Å². The molecule has 0 amide bonds. The molecule has 2 saturated heterocycles. The highest BCUT2D eigenvalue weighted by atomic mass is 32.2. The molecule has 0 spiro atoms. The summed E-state index contributed by atoms with van der Waals surface area (Å²) in [7, 11) is -2.98. The van der Waals surface area contributed by atoms with Gasteiger partial charge in [0.1, 0.15) is 11.6 Å². The van der Waals surface area contributed by atoms with Crippen LogP contribution in [0.15, 0.2) is 18.2 Å². The van der Waals surface area contributed by atoms with Gasteiger partial charge in [-0.15, -0.1) is 0 Å². The molecule has 2 aliphatic heterocycles. The van der Waals surface area contributed by atoms with E-state index in [1.165, 1.54) is 12.1 Å². The van der Waals surface area contributed by atoms with Crippen LogP contribution in [0.4, 0.5) is 4.39 Å². The number of rotatable bonds is 3. The van der Waals surface area contributed by atoms with Gasteiger partial charge in [-0.05, 0) is 55.9 Å². The standard InChI is InChI=1S/C16H19FO3S/c1-10-6-13(17)3-2-11(10)9-16(18)12-7-14-4-5-15(8-12)21(14,19)20/h2-3,6,12,14-15H,4-5,7-9H2,1H3. The molecule has 3 rings (SSSR count). The van der Waals surface area contributed by atoms with Gasteiger partial charge in [0.15, 0.2) is 9.84 Å². The maximum atomic E-state index is 13.1. The molecule has 0 N–H and O–H groups in total. The topological polar surface area (TPSA) is 51.2 Å². The summed E-state index contributed by atoms with van der Waals surface area (Å²) < 4.78 is 37.2. The van der Waals surface area contributed by atoms with E-state index in [1.54, 1.807) is 13.0 Å². The van der Waals surface area contributed by atoms with Crippen molar-refractivity contribution in [2.45, 2.75) is 49.5 Å². The maximum Gasteiger partial charge on any atom is 0.156 e. The lowest BCUT2D eigenvalue weighted by molar-refractivity contribution is -0.122. The summed E-state index contributed by atoms with van der Waals surface area (Å²) in [6, 6.07) is 4.44. The molecule has 1 aromatic carbocycles. The van der Waals surface area contributed by atoms with E-state index >= 15 is 0 Å². The van der Waals surface area contributed by atoms with Gasteiger partial charge in [-0.25, -0.2) is 12.8 Å². The third kappa shape index (κ3) is 2.63. The molecule has 2 bridgehead atoms. The summed E-state index contributed by atoms with van der Waals surface area (Å²) in [6.07, 6.45) is 2.62. The number of aryl methyl sites for hydroxylation is 1. The van der Waals surface area contributed by atoms with Crippen molar-refractivity contribution in [3.63, 3.8) is 0 Å². The summed E-state index contributed by atoms with van der Waals surface area (Å²) in [4.78, 5) is 12.4. The lowest BCUT2D eigenvalue weighted by Gasteiger charge is -2.27. The molecule has 2 fully saturated rings. The fraction of sp³-hybridized carbons (Fsp3) is 0.562. The highest BCUT2D eigenvalue weighted by Gasteiger charge is 2.48. The third-order valence-corrected chi connectivity index (χ3v) is 7.67. The molecule has 0 aliphatic carbocycles. The van der Waals surface area contributed by atoms with Crippen LogP contribution in [0.1, 0.15) is 36.8 Å². The number of hydrogen-bond acceptors (Lipinski definition) is 3. The molecule has 2 aliphatic rings. The first-order valence-electron chi connectivity index (χ1n) is 7.38. The quantitative estimate of drug-likeness (QED) is 0.862. The van der Waals surface area contributed by atoms with Crippen molar-refractivity contribution < 1.29 is 17.6 Å². The van der Waals surface area contributed by atoms with E-state index in [-0.39, 0.29) is 34.4 Å². The normalized spacial score (nSPS) is 30.3. The summed E-state index contributed by atoms with van der Waals surface area (Å²) in [5.41, 5.74) is 1.61. The van der Waals surface area contributed by atoms with Gasteiger partial charge in [0, 0.05) is 12.3 Å². The van der Waals surface area contributed by atoms with Gasteiger partial charge < -0.3 is 0 Å². The Hall–Kier alpha value is -1.23. The largest absolute Gasteiger partial charge is 0.299 e. The van der Waals surface area contributed by atoms with Crippen LogP contribution in [0, 0.1) is 18.7 Å². The van der Waals surface area contributed by atoms with Crippen LogP contribution in [-0.2, 0) is 21.1 Å². The van der Waals surface area contributed by atoms with Crippen molar-refractivity contribution in [3.8, 4) is 0 Å². The summed E-state index contributed by atoms with van der Waals surface area (Å²) in [5, 5.41) is -0.640. The number of carbonyl (C=O) groups excluding carboxylic acids is 1. The summed E-state index contributed by atoms with van der Waals surface area (Å²) in [5.74, 6) is -0.363. The van der Waals surface area contributed by atoms with Crippen molar-refractivity contribution in [1.29, 1.82) is 0 Å². The Labute approximate surface area is 124 Å². The van der Waals surface area contributed by atoms with E-state index in [1.807, 2.05) is 0 Å². The molecule has 2 atom stereocenters. The molecule has 0 saturated carbocycles. The second-order valence-electron chi connectivity index (χ2n) is 6.29. The first-order valence-corrected chi connectivity index (χ1v) is 8.99. The SMILES string of the molecule is Cc1cc(F)ccc1CC(=O)C1CC2CCC(C1)S2(=O)=O. The lowest BCUT2D eigenvalue weighted by Crippen LogP contribution is -2.36. The fourth-order valence-corrected chi connectivity index (χ4v) is 6.13. The lowest BCUT2D eigenvalue weighted by atomic mass is 9.90. The van der Waals surface area contributed by atoms with Crippen LogP contribution in [0.3, 0.4) is 0 Å². The molecule has 3 nitrogen and oxygen atoms in total. The molecule has 21 heavy (non-hydrogen) atoms. The maximum absolute atomic E-state index is 13.1. The molecular formula is C16H19FO3S. The van der Waals surface area contributed by atoms with Crippen molar-refractivity contribution >= 4 is 15.6 Å². The summed E-state index contributed by atoms with van der Waals surface area (Å²) >= 11 is 0. The van der Waals surface area contributed by atoms with Crippen LogP contribution in [0.5, 0.6) is 0 Å². The average molecular weight is 310 g/mol. The number of sulfone groups is 1. The Morgan fingerprint density at radius 2 is 1.86 bits per heavy atom. The van der Waals surface area contributed by atoms with Crippen molar-refractivity contribution in [2.75, 3.05) is 0 Å². The van der Waals surface area contributed by atoms with Gasteiger partial charge in [0.2, 0.25) is 0 Å². The van der Waals surface area contributed by atoms with E-state index in [9.17, 15) is 17.6 Å². The van der Waals surface area contributed by atoms with E-state index in [0.29, 0.717) is 25.7 Å². The van der Waals surface area contributed by atoms with Crippen molar-refractivity contribution in [3.05, 3.63) is 35.1 Å². The number of fused-ring (bicyclic) bond motifs is 2. The minimum absolute atomic E-state index is 0.0940. The zero-order chi connectivity index (χ0) is 15.2. The van der Waals surface area contributed by atoms with Gasteiger partial charge in [-0.1, -0.05) is 6.07 Å². The molecule has 114 valence electrons. The zero-order valence-corrected chi connectivity index (χ0v) is 12.8. The number of carbonyl (C=O) groups is 1. The molecule has 2 unspecified atom stereocenters. The van der Waals surface area contributed by atoms with Gasteiger partial charge in [-0.2, -0.15) is 0 Å². The minimum Gasteiger partial charge on any atom is -0.299 e. The van der Waals surface area contributed by atoms with Crippen molar-refractivity contribution in [1.82, 2.24) is 0 Å². The summed E-state index contributed by atoms with van der Waals surface area (Å²) in [6.45, 7) is 1.79. The van der Waals surface area contributed by atoms with Crippen molar-refractivity contribution in [2.24, 2.45) is 5.92 Å². The van der Waals surface area contributed by atoms with E-state index in [4.69, 9.17) is 0 Å².